The fourth-order valence-electron chi connectivity index (χ4n) is 3.36. The van der Waals surface area contributed by atoms with E-state index < -0.39 is 0 Å². The molecule has 0 radical (unpaired) electrons. The van der Waals surface area contributed by atoms with E-state index in [4.69, 9.17) is 0 Å². The monoisotopic (exact) mass is 401 g/mol. The maximum Gasteiger partial charge on any atom is 0.255 e. The molecule has 1 saturated carbocycles. The van der Waals surface area contributed by atoms with E-state index in [1.54, 1.807) is 4.90 Å². The van der Waals surface area contributed by atoms with Gasteiger partial charge in [-0.25, -0.2) is 4.98 Å². The quantitative estimate of drug-likeness (QED) is 0.701. The van der Waals surface area contributed by atoms with Crippen molar-refractivity contribution in [2.75, 3.05) is 45.5 Å². The van der Waals surface area contributed by atoms with Crippen LogP contribution in [0.15, 0.2) is 11.1 Å². The van der Waals surface area contributed by atoms with Crippen molar-refractivity contribution in [2.45, 2.75) is 37.1 Å². The summed E-state index contributed by atoms with van der Waals surface area (Å²) < 4.78 is 0. The van der Waals surface area contributed by atoms with Gasteiger partial charge in [0.25, 0.3) is 5.91 Å². The van der Waals surface area contributed by atoms with Gasteiger partial charge in [0.15, 0.2) is 0 Å². The summed E-state index contributed by atoms with van der Waals surface area (Å²) in [6.07, 6.45) is 5.00. The van der Waals surface area contributed by atoms with Crippen LogP contribution < -0.4 is 5.32 Å². The third kappa shape index (κ3) is 4.83. The van der Waals surface area contributed by atoms with Gasteiger partial charge in [0.1, 0.15) is 11.1 Å². The molecule has 0 unspecified atom stereocenters. The molecule has 28 heavy (non-hydrogen) atoms. The Balaban J connectivity index is 1.67. The van der Waals surface area contributed by atoms with E-state index in [-0.39, 0.29) is 11.8 Å². The molecule has 1 N–H and O–H groups in total. The van der Waals surface area contributed by atoms with Gasteiger partial charge in [-0.1, -0.05) is 6.92 Å². The van der Waals surface area contributed by atoms with Gasteiger partial charge < -0.3 is 10.2 Å². The summed E-state index contributed by atoms with van der Waals surface area (Å²) in [6.45, 7) is 5.50. The Labute approximate surface area is 170 Å². The third-order valence-corrected chi connectivity index (χ3v) is 5.82. The number of piperazine rings is 1. The molecule has 1 saturated heterocycles. The molecular weight excluding hydrogens is 374 g/mol. The summed E-state index contributed by atoms with van der Waals surface area (Å²) in [4.78, 5) is 33.5. The number of nitriles is 1. The minimum atomic E-state index is -0.105. The summed E-state index contributed by atoms with van der Waals surface area (Å²) >= 11 is 1.41. The SMILES string of the molecule is CCCNC(=O)CN1CCN(C(=O)c2cc(C3CC3)nc(SC)c2C#N)CC1. The van der Waals surface area contributed by atoms with Gasteiger partial charge in [-0.05, 0) is 31.6 Å². The second-order valence-corrected chi connectivity index (χ2v) is 8.08. The number of aromatic nitrogens is 1. The van der Waals surface area contributed by atoms with Crippen LogP contribution in [0.4, 0.5) is 0 Å². The highest BCUT2D eigenvalue weighted by Gasteiger charge is 2.31. The van der Waals surface area contributed by atoms with Crippen molar-refractivity contribution in [2.24, 2.45) is 0 Å². The number of carbonyl (C=O) groups is 2. The van der Waals surface area contributed by atoms with Crippen LogP contribution >= 0.6 is 11.8 Å². The number of hydrogen-bond donors (Lipinski definition) is 1. The van der Waals surface area contributed by atoms with Crippen molar-refractivity contribution in [3.05, 3.63) is 22.9 Å². The first-order valence-corrected chi connectivity index (χ1v) is 11.1. The minimum absolute atomic E-state index is 0.0289. The molecule has 2 aliphatic rings. The van der Waals surface area contributed by atoms with Crippen LogP contribution in [0.5, 0.6) is 0 Å². The van der Waals surface area contributed by atoms with Crippen molar-refractivity contribution >= 4 is 23.6 Å². The van der Waals surface area contributed by atoms with Gasteiger partial charge in [0, 0.05) is 44.3 Å². The first-order valence-electron chi connectivity index (χ1n) is 9.84. The molecule has 0 spiro atoms. The molecule has 8 heteroatoms. The molecule has 0 bridgehead atoms. The van der Waals surface area contributed by atoms with Gasteiger partial charge in [-0.3, -0.25) is 14.5 Å². The maximum absolute atomic E-state index is 13.2. The second-order valence-electron chi connectivity index (χ2n) is 7.28. The van der Waals surface area contributed by atoms with Crippen molar-refractivity contribution in [3.8, 4) is 6.07 Å². The molecule has 2 amide bonds. The molecule has 7 nitrogen and oxygen atoms in total. The Morgan fingerprint density at radius 3 is 2.61 bits per heavy atom. The van der Waals surface area contributed by atoms with Gasteiger partial charge in [-0.15, -0.1) is 11.8 Å². The standard InChI is InChI=1S/C20H27N5O2S/c1-3-6-22-18(26)13-24-7-9-25(10-8-24)20(27)15-11-17(14-4-5-14)23-19(28-2)16(15)12-21/h11,14H,3-10,13H2,1-2H3,(H,22,26). The van der Waals surface area contributed by atoms with E-state index in [0.717, 1.165) is 25.0 Å². The van der Waals surface area contributed by atoms with Crippen LogP contribution in [0.2, 0.25) is 0 Å². The molecule has 150 valence electrons. The van der Waals surface area contributed by atoms with E-state index in [1.165, 1.54) is 11.8 Å². The highest BCUT2D eigenvalue weighted by molar-refractivity contribution is 7.98. The molecule has 0 aromatic carbocycles. The van der Waals surface area contributed by atoms with Crippen LogP contribution in [0.1, 0.15) is 53.7 Å². The van der Waals surface area contributed by atoms with Crippen LogP contribution in [0, 0.1) is 11.3 Å². The van der Waals surface area contributed by atoms with Crippen molar-refractivity contribution < 1.29 is 9.59 Å². The number of rotatable bonds is 7. The largest absolute Gasteiger partial charge is 0.355 e. The number of nitrogens with one attached hydrogen (secondary N) is 1. The molecule has 1 aromatic heterocycles. The summed E-state index contributed by atoms with van der Waals surface area (Å²) in [5, 5.41) is 13.1. The smallest absolute Gasteiger partial charge is 0.255 e. The van der Waals surface area contributed by atoms with E-state index in [2.05, 4.69) is 21.3 Å². The van der Waals surface area contributed by atoms with Crippen LogP contribution in [0.3, 0.4) is 0 Å². The van der Waals surface area contributed by atoms with Gasteiger partial charge in [0.2, 0.25) is 5.91 Å². The topological polar surface area (TPSA) is 89.3 Å². The summed E-state index contributed by atoms with van der Waals surface area (Å²) in [5.74, 6) is 0.344. The third-order valence-electron chi connectivity index (χ3n) is 5.14. The summed E-state index contributed by atoms with van der Waals surface area (Å²) in [5.41, 5.74) is 1.78. The van der Waals surface area contributed by atoms with E-state index in [0.29, 0.717) is 61.3 Å². The average Bonchev–Trinajstić information content (AvgIpc) is 3.56. The van der Waals surface area contributed by atoms with E-state index >= 15 is 0 Å². The zero-order valence-electron chi connectivity index (χ0n) is 16.5. The summed E-state index contributed by atoms with van der Waals surface area (Å²) in [6, 6.07) is 4.00. The Hall–Kier alpha value is -2.11. The van der Waals surface area contributed by atoms with Crippen LogP contribution in [0.25, 0.3) is 0 Å². The van der Waals surface area contributed by atoms with E-state index in [9.17, 15) is 14.9 Å². The zero-order valence-corrected chi connectivity index (χ0v) is 17.3. The van der Waals surface area contributed by atoms with Gasteiger partial charge in [-0.2, -0.15) is 5.26 Å². The van der Waals surface area contributed by atoms with Gasteiger partial charge in [0.05, 0.1) is 17.7 Å². The van der Waals surface area contributed by atoms with Crippen LogP contribution in [-0.2, 0) is 4.79 Å². The van der Waals surface area contributed by atoms with Crippen molar-refractivity contribution in [1.82, 2.24) is 20.1 Å². The summed E-state index contributed by atoms with van der Waals surface area (Å²) in [7, 11) is 0. The number of pyridine rings is 1. The molecule has 0 atom stereocenters. The second kappa shape index (κ2) is 9.39. The number of amides is 2. The predicted molar refractivity (Wildman–Crippen MR) is 108 cm³/mol. The highest BCUT2D eigenvalue weighted by Crippen LogP contribution is 2.40. The maximum atomic E-state index is 13.2. The normalized spacial score (nSPS) is 17.2. The van der Waals surface area contributed by atoms with Crippen LogP contribution in [-0.4, -0.2) is 72.1 Å². The van der Waals surface area contributed by atoms with E-state index in [1.807, 2.05) is 19.2 Å². The Bertz CT molecular complexity index is 780. The fourth-order valence-corrected chi connectivity index (χ4v) is 3.91. The number of nitrogens with zero attached hydrogens (tertiary/aromatic N) is 4. The Morgan fingerprint density at radius 2 is 2.04 bits per heavy atom. The molecular formula is C20H27N5O2S. The predicted octanol–water partition coefficient (Wildman–Crippen LogP) is 1.84. The lowest BCUT2D eigenvalue weighted by Crippen LogP contribution is -2.51. The number of thioether (sulfide) groups is 1. The Kier molecular flexibility index (Phi) is 6.92. The molecule has 1 aliphatic carbocycles. The highest BCUT2D eigenvalue weighted by atomic mass is 32.2. The number of carbonyl (C=O) groups excluding carboxylic acids is 2. The molecule has 2 heterocycles. The fraction of sp³-hybridized carbons (Fsp3) is 0.600. The minimum Gasteiger partial charge on any atom is -0.355 e. The molecule has 1 aliphatic heterocycles. The number of hydrogen-bond acceptors (Lipinski definition) is 6. The molecule has 3 rings (SSSR count). The van der Waals surface area contributed by atoms with Gasteiger partial charge >= 0.3 is 0 Å². The lowest BCUT2D eigenvalue weighted by Gasteiger charge is -2.34. The van der Waals surface area contributed by atoms with Crippen molar-refractivity contribution in [3.63, 3.8) is 0 Å². The molecule has 2 fully saturated rings. The molecule has 1 aromatic rings. The first kappa shape index (κ1) is 20.6. The average molecular weight is 402 g/mol. The zero-order chi connectivity index (χ0) is 20.1. The lowest BCUT2D eigenvalue weighted by molar-refractivity contribution is -0.122. The van der Waals surface area contributed by atoms with Crippen molar-refractivity contribution in [1.29, 1.82) is 5.26 Å². The first-order chi connectivity index (χ1) is 13.6. The Morgan fingerprint density at radius 1 is 1.32 bits per heavy atom. The lowest BCUT2D eigenvalue weighted by atomic mass is 10.1.